The third kappa shape index (κ3) is 3.81. The second-order valence-corrected chi connectivity index (χ2v) is 7.00. The molecule has 1 heterocycles. The molecule has 4 rings (SSSR count). The predicted octanol–water partition coefficient (Wildman–Crippen LogP) is 3.83. The average Bonchev–Trinajstić information content (AvgIpc) is 2.76. The van der Waals surface area contributed by atoms with E-state index in [0.29, 0.717) is 13.2 Å². The van der Waals surface area contributed by atoms with Gasteiger partial charge >= 0.3 is 0 Å². The maximum atomic E-state index is 11.8. The maximum Gasteiger partial charge on any atom is 0.136 e. The van der Waals surface area contributed by atoms with Gasteiger partial charge in [0, 0.05) is 13.1 Å². The molecule has 27 heavy (non-hydrogen) atoms. The predicted molar refractivity (Wildman–Crippen MR) is 109 cm³/mol. The van der Waals surface area contributed by atoms with E-state index >= 15 is 0 Å². The first-order chi connectivity index (χ1) is 13.3. The summed E-state index contributed by atoms with van der Waals surface area (Å²) in [6, 6.07) is 20.2. The lowest BCUT2D eigenvalue weighted by Gasteiger charge is -2.38. The van der Waals surface area contributed by atoms with Crippen molar-refractivity contribution in [1.82, 2.24) is 5.32 Å². The quantitative estimate of drug-likeness (QED) is 0.872. The molecule has 1 fully saturated rings. The summed E-state index contributed by atoms with van der Waals surface area (Å²) < 4.78 is 5.99. The van der Waals surface area contributed by atoms with Crippen LogP contribution in [0.4, 0.5) is 0 Å². The van der Waals surface area contributed by atoms with Crippen molar-refractivity contribution < 1.29 is 9.84 Å². The third-order valence-electron chi connectivity index (χ3n) is 5.22. The van der Waals surface area contributed by atoms with Crippen molar-refractivity contribution in [2.75, 3.05) is 19.7 Å². The Bertz CT molecular complexity index is 848. The summed E-state index contributed by atoms with van der Waals surface area (Å²) in [5, 5.41) is 15.2. The highest BCUT2D eigenvalue weighted by molar-refractivity contribution is 5.81. The zero-order valence-electron chi connectivity index (χ0n) is 15.3. The Labute approximate surface area is 160 Å². The van der Waals surface area contributed by atoms with Crippen LogP contribution in [0.25, 0.3) is 5.57 Å². The van der Waals surface area contributed by atoms with E-state index in [1.807, 2.05) is 54.6 Å². The topological polar surface area (TPSA) is 41.5 Å². The highest BCUT2D eigenvalue weighted by Gasteiger charge is 2.39. The van der Waals surface area contributed by atoms with E-state index in [-0.39, 0.29) is 6.10 Å². The molecular formula is C24H25NO2. The molecule has 0 spiro atoms. The highest BCUT2D eigenvalue weighted by Crippen LogP contribution is 2.36. The molecule has 2 aromatic carbocycles. The van der Waals surface area contributed by atoms with Crippen LogP contribution in [0, 0.1) is 0 Å². The number of hydrogen-bond acceptors (Lipinski definition) is 3. The second-order valence-electron chi connectivity index (χ2n) is 7.00. The highest BCUT2D eigenvalue weighted by atomic mass is 16.5. The monoisotopic (exact) mass is 359 g/mol. The summed E-state index contributed by atoms with van der Waals surface area (Å²) in [5.41, 5.74) is 3.09. The fraction of sp³-hybridized carbons (Fsp3) is 0.250. The van der Waals surface area contributed by atoms with E-state index in [0.717, 1.165) is 35.2 Å². The number of benzene rings is 2. The van der Waals surface area contributed by atoms with E-state index in [2.05, 4.69) is 35.7 Å². The normalized spacial score (nSPS) is 23.7. The molecule has 3 heteroatoms. The number of allylic oxidation sites excluding steroid dienone is 5. The van der Waals surface area contributed by atoms with E-state index in [1.54, 1.807) is 0 Å². The summed E-state index contributed by atoms with van der Waals surface area (Å²) in [4.78, 5) is 0. The van der Waals surface area contributed by atoms with Gasteiger partial charge in [0.15, 0.2) is 0 Å². The molecule has 2 aliphatic rings. The SMILES string of the molecule is O[C@@](C=C1CC=CC=C1c1ccccc1)(c1ccccc1)[C@H]1CNCCO1. The second kappa shape index (κ2) is 8.05. The number of rotatable bonds is 4. The van der Waals surface area contributed by atoms with Crippen molar-refractivity contribution in [2.24, 2.45) is 0 Å². The Hall–Kier alpha value is -2.46. The van der Waals surface area contributed by atoms with Gasteiger partial charge < -0.3 is 15.2 Å². The van der Waals surface area contributed by atoms with Crippen LogP contribution < -0.4 is 5.32 Å². The standard InChI is InChI=1S/C24H25NO2/c26-24(21-12-5-2-6-13-21,23-18-25-15-16-27-23)17-20-11-7-8-14-22(20)19-9-3-1-4-10-19/h1-10,12-14,17,23,25-26H,11,15-16,18H2/t23-,24+/m1/s1. The van der Waals surface area contributed by atoms with Gasteiger partial charge in [0.2, 0.25) is 0 Å². The number of morpholine rings is 1. The van der Waals surface area contributed by atoms with Crippen molar-refractivity contribution in [3.63, 3.8) is 0 Å². The zero-order valence-corrected chi connectivity index (χ0v) is 15.3. The lowest BCUT2D eigenvalue weighted by Crippen LogP contribution is -2.50. The van der Waals surface area contributed by atoms with Crippen molar-refractivity contribution >= 4 is 5.57 Å². The minimum atomic E-state index is -1.19. The van der Waals surface area contributed by atoms with Crippen molar-refractivity contribution in [1.29, 1.82) is 0 Å². The van der Waals surface area contributed by atoms with Crippen molar-refractivity contribution in [2.45, 2.75) is 18.1 Å². The number of ether oxygens (including phenoxy) is 1. The number of nitrogens with one attached hydrogen (secondary N) is 1. The summed E-state index contributed by atoms with van der Waals surface area (Å²) >= 11 is 0. The van der Waals surface area contributed by atoms with Crippen LogP contribution in [-0.2, 0) is 10.3 Å². The minimum absolute atomic E-state index is 0.330. The Kier molecular flexibility index (Phi) is 5.35. The van der Waals surface area contributed by atoms with Gasteiger partial charge in [-0.2, -0.15) is 0 Å². The van der Waals surface area contributed by atoms with E-state index in [1.165, 1.54) is 0 Å². The first kappa shape index (κ1) is 17.9. The van der Waals surface area contributed by atoms with Gasteiger partial charge in [-0.1, -0.05) is 78.9 Å². The molecule has 0 aromatic heterocycles. The fourth-order valence-electron chi connectivity index (χ4n) is 3.79. The number of hydrogen-bond donors (Lipinski definition) is 2. The Balaban J connectivity index is 1.78. The first-order valence-corrected chi connectivity index (χ1v) is 9.52. The lowest BCUT2D eigenvalue weighted by atomic mass is 9.81. The van der Waals surface area contributed by atoms with Gasteiger partial charge in [-0.15, -0.1) is 0 Å². The lowest BCUT2D eigenvalue weighted by molar-refractivity contribution is -0.0973. The summed E-state index contributed by atoms with van der Waals surface area (Å²) in [6.07, 6.45) is 8.79. The van der Waals surface area contributed by atoms with Crippen LogP contribution in [-0.4, -0.2) is 30.9 Å². The van der Waals surface area contributed by atoms with Gasteiger partial charge in [-0.3, -0.25) is 0 Å². The molecule has 0 radical (unpaired) electrons. The summed E-state index contributed by atoms with van der Waals surface area (Å²) in [7, 11) is 0. The summed E-state index contributed by atoms with van der Waals surface area (Å²) in [5.74, 6) is 0. The molecule has 1 saturated heterocycles. The largest absolute Gasteiger partial charge is 0.378 e. The molecule has 1 aliphatic heterocycles. The Morgan fingerprint density at radius 3 is 2.48 bits per heavy atom. The molecule has 3 nitrogen and oxygen atoms in total. The molecule has 2 aromatic rings. The van der Waals surface area contributed by atoms with Gasteiger partial charge in [-0.25, -0.2) is 0 Å². The van der Waals surface area contributed by atoms with Gasteiger partial charge in [0.1, 0.15) is 11.7 Å². The first-order valence-electron chi connectivity index (χ1n) is 9.52. The van der Waals surface area contributed by atoms with Crippen LogP contribution >= 0.6 is 0 Å². The van der Waals surface area contributed by atoms with Crippen LogP contribution in [0.5, 0.6) is 0 Å². The van der Waals surface area contributed by atoms with Gasteiger partial charge in [0.25, 0.3) is 0 Å². The number of aliphatic hydroxyl groups is 1. The van der Waals surface area contributed by atoms with Crippen molar-refractivity contribution in [3.8, 4) is 0 Å². The van der Waals surface area contributed by atoms with E-state index < -0.39 is 5.60 Å². The minimum Gasteiger partial charge on any atom is -0.378 e. The van der Waals surface area contributed by atoms with Crippen LogP contribution in [0.3, 0.4) is 0 Å². The van der Waals surface area contributed by atoms with E-state index in [9.17, 15) is 5.11 Å². The summed E-state index contributed by atoms with van der Waals surface area (Å²) in [6.45, 7) is 2.04. The Morgan fingerprint density at radius 1 is 1.04 bits per heavy atom. The smallest absolute Gasteiger partial charge is 0.136 e. The molecule has 0 saturated carbocycles. The van der Waals surface area contributed by atoms with Crippen molar-refractivity contribution in [3.05, 3.63) is 102 Å². The van der Waals surface area contributed by atoms with Gasteiger partial charge in [0.05, 0.1) is 6.61 Å². The average molecular weight is 359 g/mol. The van der Waals surface area contributed by atoms with Gasteiger partial charge in [-0.05, 0) is 34.8 Å². The molecule has 1 aliphatic carbocycles. The van der Waals surface area contributed by atoms with Crippen LogP contribution in [0.1, 0.15) is 17.5 Å². The molecule has 2 atom stereocenters. The molecule has 0 amide bonds. The third-order valence-corrected chi connectivity index (χ3v) is 5.22. The molecular weight excluding hydrogens is 334 g/mol. The Morgan fingerprint density at radius 2 is 1.78 bits per heavy atom. The van der Waals surface area contributed by atoms with Crippen LogP contribution in [0.15, 0.2) is 90.5 Å². The molecule has 0 unspecified atom stereocenters. The molecule has 138 valence electrons. The van der Waals surface area contributed by atoms with Crippen LogP contribution in [0.2, 0.25) is 0 Å². The fourth-order valence-corrected chi connectivity index (χ4v) is 3.79. The maximum absolute atomic E-state index is 11.8. The molecule has 0 bridgehead atoms. The zero-order chi connectivity index (χ0) is 18.5. The van der Waals surface area contributed by atoms with E-state index in [4.69, 9.17) is 4.74 Å². The molecule has 2 N–H and O–H groups in total.